The molecule has 1 saturated heterocycles. The van der Waals surface area contributed by atoms with E-state index in [2.05, 4.69) is 30.5 Å². The maximum Gasteiger partial charge on any atom is 0.323 e. The minimum absolute atomic E-state index is 0. The van der Waals surface area contributed by atoms with Gasteiger partial charge in [-0.25, -0.2) is 15.0 Å². The highest BCUT2D eigenvalue weighted by molar-refractivity contribution is 9.10. The molecule has 0 bridgehead atoms. The van der Waals surface area contributed by atoms with E-state index in [9.17, 15) is 9.59 Å². The molecule has 41 heavy (non-hydrogen) atoms. The van der Waals surface area contributed by atoms with Crippen molar-refractivity contribution in [3.63, 3.8) is 0 Å². The fourth-order valence-corrected chi connectivity index (χ4v) is 6.14. The van der Waals surface area contributed by atoms with Gasteiger partial charge in [-0.3, -0.25) is 9.59 Å². The van der Waals surface area contributed by atoms with Crippen molar-refractivity contribution in [3.05, 3.63) is 22.9 Å². The molecule has 5 rings (SSSR count). The van der Waals surface area contributed by atoms with Gasteiger partial charge in [0.25, 0.3) is 5.91 Å². The zero-order valence-electron chi connectivity index (χ0n) is 22.4. The Morgan fingerprint density at radius 1 is 1.17 bits per heavy atom. The molecule has 3 aromatic rings. The number of imidazole rings is 1. The first kappa shape index (κ1) is 33.0. The van der Waals surface area contributed by atoms with Crippen LogP contribution in [0.25, 0.3) is 11.2 Å². The highest BCUT2D eigenvalue weighted by Gasteiger charge is 2.29. The van der Waals surface area contributed by atoms with E-state index in [1.807, 2.05) is 12.1 Å². The van der Waals surface area contributed by atoms with Crippen LogP contribution in [0.15, 0.2) is 33.0 Å². The predicted molar refractivity (Wildman–Crippen MR) is 162 cm³/mol. The molecule has 1 fully saturated rings. The maximum atomic E-state index is 12.7. The van der Waals surface area contributed by atoms with Crippen LogP contribution in [-0.2, 0) is 20.9 Å². The zero-order valence-corrected chi connectivity index (χ0v) is 26.5. The Balaban J connectivity index is 0.00000231. The minimum atomic E-state index is -0.849. The normalized spacial score (nSPS) is 16.0. The van der Waals surface area contributed by atoms with Gasteiger partial charge in [-0.15, -0.1) is 24.8 Å². The second-order valence-electron chi connectivity index (χ2n) is 9.64. The first-order valence-electron chi connectivity index (χ1n) is 12.7. The van der Waals surface area contributed by atoms with Crippen LogP contribution in [0, 0.1) is 5.92 Å². The molecular formula is C25H32BrCl2N7O5S. The van der Waals surface area contributed by atoms with Crippen LogP contribution >= 0.6 is 52.5 Å². The van der Waals surface area contributed by atoms with Crippen LogP contribution in [0.3, 0.4) is 0 Å². The van der Waals surface area contributed by atoms with Crippen LogP contribution in [0.1, 0.15) is 33.1 Å². The van der Waals surface area contributed by atoms with Gasteiger partial charge in [0, 0.05) is 29.0 Å². The molecular weight excluding hydrogens is 661 g/mol. The third-order valence-corrected chi connectivity index (χ3v) is 8.82. The second-order valence-corrected chi connectivity index (χ2v) is 11.5. The molecule has 2 atom stereocenters. The van der Waals surface area contributed by atoms with Gasteiger partial charge in [0.1, 0.15) is 12.4 Å². The predicted octanol–water partition coefficient (Wildman–Crippen LogP) is 3.80. The van der Waals surface area contributed by atoms with Crippen molar-refractivity contribution in [1.82, 2.24) is 24.4 Å². The molecule has 4 heterocycles. The SMILES string of the molecule is C[C@H](N)C(=O)O[C@@H](C)C(=O)N1CCC(CCn2c(Sc3cc4c(cc3Br)OCO4)nc3c(N)ncnc32)CC1.Cl.Cl. The summed E-state index contributed by atoms with van der Waals surface area (Å²) >= 11 is 5.11. The quantitative estimate of drug-likeness (QED) is 0.331. The van der Waals surface area contributed by atoms with Gasteiger partial charge in [-0.1, -0.05) is 11.8 Å². The van der Waals surface area contributed by atoms with Crippen molar-refractivity contribution in [2.45, 2.75) is 61.9 Å². The Labute approximate surface area is 262 Å². The highest BCUT2D eigenvalue weighted by atomic mass is 79.9. The van der Waals surface area contributed by atoms with E-state index in [0.717, 1.165) is 33.8 Å². The molecule has 0 radical (unpaired) electrons. The third-order valence-electron chi connectivity index (χ3n) is 6.85. The summed E-state index contributed by atoms with van der Waals surface area (Å²) < 4.78 is 19.1. The van der Waals surface area contributed by atoms with Crippen molar-refractivity contribution in [1.29, 1.82) is 0 Å². The number of carbonyl (C=O) groups is 2. The van der Waals surface area contributed by atoms with E-state index in [4.69, 9.17) is 30.7 Å². The largest absolute Gasteiger partial charge is 0.454 e. The van der Waals surface area contributed by atoms with Crippen molar-refractivity contribution in [2.75, 3.05) is 25.6 Å². The van der Waals surface area contributed by atoms with Crippen LogP contribution < -0.4 is 20.9 Å². The van der Waals surface area contributed by atoms with E-state index in [1.54, 1.807) is 11.8 Å². The number of hydrogen-bond donors (Lipinski definition) is 2. The van der Waals surface area contributed by atoms with Crippen molar-refractivity contribution < 1.29 is 23.8 Å². The Hall–Kier alpha value is -2.52. The monoisotopic (exact) mass is 691 g/mol. The van der Waals surface area contributed by atoms with Gasteiger partial charge >= 0.3 is 5.97 Å². The minimum Gasteiger partial charge on any atom is -0.454 e. The summed E-state index contributed by atoms with van der Waals surface area (Å²) in [6, 6.07) is 3.05. The summed E-state index contributed by atoms with van der Waals surface area (Å²) in [4.78, 5) is 40.5. The maximum absolute atomic E-state index is 12.7. The van der Waals surface area contributed by atoms with Gasteiger partial charge in [0.15, 0.2) is 39.7 Å². The number of hydrogen-bond acceptors (Lipinski definition) is 11. The van der Waals surface area contributed by atoms with Gasteiger partial charge in [0.05, 0.1) is 0 Å². The number of aromatic nitrogens is 4. The lowest BCUT2D eigenvalue weighted by molar-refractivity contribution is -0.160. The number of esters is 1. The number of amides is 1. The summed E-state index contributed by atoms with van der Waals surface area (Å²) in [6.45, 7) is 5.21. The lowest BCUT2D eigenvalue weighted by Crippen LogP contribution is -2.45. The average Bonchev–Trinajstić information content (AvgIpc) is 3.51. The molecule has 1 amide bonds. The number of aryl methyl sites for hydroxylation is 1. The molecule has 2 aliphatic rings. The van der Waals surface area contributed by atoms with Gasteiger partial charge in [0.2, 0.25) is 6.79 Å². The first-order valence-corrected chi connectivity index (χ1v) is 14.3. The van der Waals surface area contributed by atoms with Gasteiger partial charge in [-0.05, 0) is 67.1 Å². The number of anilines is 1. The van der Waals surface area contributed by atoms with E-state index in [0.29, 0.717) is 54.0 Å². The number of carbonyl (C=O) groups excluding carboxylic acids is 2. The summed E-state index contributed by atoms with van der Waals surface area (Å²) in [5, 5.41) is 0.745. The van der Waals surface area contributed by atoms with E-state index >= 15 is 0 Å². The molecule has 16 heteroatoms. The number of likely N-dealkylation sites (tertiary alicyclic amines) is 1. The Bertz CT molecular complexity index is 1400. The number of fused-ring (bicyclic) bond motifs is 2. The van der Waals surface area contributed by atoms with Crippen molar-refractivity contribution in [3.8, 4) is 11.5 Å². The number of nitrogens with zero attached hydrogens (tertiary/aromatic N) is 5. The number of nitrogen functional groups attached to an aromatic ring is 1. The van der Waals surface area contributed by atoms with E-state index in [-0.39, 0.29) is 37.5 Å². The number of rotatable bonds is 8. The van der Waals surface area contributed by atoms with Crippen LogP contribution in [0.4, 0.5) is 5.82 Å². The Kier molecular flexibility index (Phi) is 11.3. The van der Waals surface area contributed by atoms with Crippen LogP contribution in [-0.4, -0.2) is 68.3 Å². The molecule has 2 aromatic heterocycles. The molecule has 12 nitrogen and oxygen atoms in total. The Morgan fingerprint density at radius 3 is 2.54 bits per heavy atom. The number of piperidine rings is 1. The van der Waals surface area contributed by atoms with Gasteiger partial charge in [-0.2, -0.15) is 0 Å². The fourth-order valence-electron chi connectivity index (χ4n) is 4.63. The third kappa shape index (κ3) is 7.28. The van der Waals surface area contributed by atoms with Crippen LogP contribution in [0.5, 0.6) is 11.5 Å². The van der Waals surface area contributed by atoms with E-state index in [1.165, 1.54) is 25.0 Å². The fraction of sp³-hybridized carbons (Fsp3) is 0.480. The summed E-state index contributed by atoms with van der Waals surface area (Å²) in [6.07, 6.45) is 3.17. The Morgan fingerprint density at radius 2 is 1.85 bits per heavy atom. The molecule has 0 spiro atoms. The smallest absolute Gasteiger partial charge is 0.323 e. The average molecular weight is 693 g/mol. The molecule has 0 saturated carbocycles. The molecule has 2 aliphatic heterocycles. The molecule has 0 aliphatic carbocycles. The molecule has 224 valence electrons. The number of nitrogens with two attached hydrogens (primary N) is 2. The topological polar surface area (TPSA) is 161 Å². The number of benzene rings is 1. The highest BCUT2D eigenvalue weighted by Crippen LogP contribution is 2.43. The summed E-state index contributed by atoms with van der Waals surface area (Å²) in [5.74, 6) is 1.35. The number of halogens is 3. The molecule has 4 N–H and O–H groups in total. The lowest BCUT2D eigenvalue weighted by atomic mass is 9.93. The molecule has 0 unspecified atom stereocenters. The zero-order chi connectivity index (χ0) is 27.7. The summed E-state index contributed by atoms with van der Waals surface area (Å²) in [5.41, 5.74) is 12.9. The van der Waals surface area contributed by atoms with Gasteiger partial charge < -0.3 is 35.1 Å². The van der Waals surface area contributed by atoms with Crippen molar-refractivity contribution >= 4 is 81.4 Å². The standard InChI is InChI=1S/C25H30BrN7O5S.2ClH/c1-13(27)24(35)38-14(2)23(34)32-6-3-15(4-7-32)5-8-33-22-20(21(28)29-11-30-22)31-25(33)39-19-10-18-17(9-16(19)26)36-12-37-18;;/h9-11,13-15H,3-8,12,27H2,1-2H3,(H2,28,29,30);2*1H/t13-,14-;;/m0../s1. The molecule has 1 aromatic carbocycles. The van der Waals surface area contributed by atoms with Crippen molar-refractivity contribution in [2.24, 2.45) is 11.7 Å². The number of ether oxygens (including phenoxy) is 3. The second kappa shape index (κ2) is 14.1. The lowest BCUT2D eigenvalue weighted by Gasteiger charge is -2.33. The van der Waals surface area contributed by atoms with E-state index < -0.39 is 18.1 Å². The summed E-state index contributed by atoms with van der Waals surface area (Å²) in [7, 11) is 0. The first-order chi connectivity index (χ1) is 18.7. The van der Waals surface area contributed by atoms with Crippen LogP contribution in [0.2, 0.25) is 0 Å².